The molecule has 138 valence electrons. The van der Waals surface area contributed by atoms with Crippen LogP contribution in [-0.4, -0.2) is 28.6 Å². The molecule has 2 aromatic rings. The lowest BCUT2D eigenvalue weighted by Gasteiger charge is -2.09. The standard InChI is InChI=1S/C19H21NO5S/c1-4-14-5-7-15(8-6-14)20-13-18(19(21)25-3)26(22,23)17-11-9-16(24-2)10-12-17/h5-13,20H,4H2,1-3H3. The molecule has 7 heteroatoms. The molecule has 26 heavy (non-hydrogen) atoms. The molecule has 0 fully saturated rings. The van der Waals surface area contributed by atoms with E-state index in [1.165, 1.54) is 31.4 Å². The molecule has 0 aromatic heterocycles. The topological polar surface area (TPSA) is 81.7 Å². The largest absolute Gasteiger partial charge is 0.497 e. The first-order valence-electron chi connectivity index (χ1n) is 7.95. The summed E-state index contributed by atoms with van der Waals surface area (Å²) in [6.45, 7) is 2.04. The summed E-state index contributed by atoms with van der Waals surface area (Å²) in [4.78, 5) is 11.5. The van der Waals surface area contributed by atoms with Gasteiger partial charge in [0.25, 0.3) is 0 Å². The van der Waals surface area contributed by atoms with Crippen LogP contribution in [0.15, 0.2) is 64.5 Å². The number of aryl methyl sites for hydroxylation is 1. The van der Waals surface area contributed by atoms with Crippen molar-refractivity contribution in [2.24, 2.45) is 0 Å². The molecule has 0 spiro atoms. The zero-order valence-corrected chi connectivity index (χ0v) is 15.7. The highest BCUT2D eigenvalue weighted by molar-refractivity contribution is 7.96. The van der Waals surface area contributed by atoms with E-state index in [1.54, 1.807) is 0 Å². The maximum Gasteiger partial charge on any atom is 0.351 e. The van der Waals surface area contributed by atoms with Crippen molar-refractivity contribution in [2.45, 2.75) is 18.2 Å². The minimum absolute atomic E-state index is 0.0296. The quantitative estimate of drug-likeness (QED) is 0.591. The number of anilines is 1. The summed E-state index contributed by atoms with van der Waals surface area (Å²) < 4.78 is 35.3. The second-order valence-corrected chi connectivity index (χ2v) is 7.29. The molecule has 0 amide bonds. The lowest BCUT2D eigenvalue weighted by atomic mass is 10.1. The number of nitrogens with one attached hydrogen (secondary N) is 1. The Morgan fingerprint density at radius 1 is 1.04 bits per heavy atom. The zero-order valence-electron chi connectivity index (χ0n) is 14.9. The molecule has 2 rings (SSSR count). The zero-order chi connectivity index (χ0) is 19.2. The van der Waals surface area contributed by atoms with E-state index in [4.69, 9.17) is 4.74 Å². The fraction of sp³-hybridized carbons (Fsp3) is 0.211. The van der Waals surface area contributed by atoms with E-state index in [0.29, 0.717) is 11.4 Å². The van der Waals surface area contributed by atoms with Crippen molar-refractivity contribution in [3.05, 3.63) is 65.2 Å². The van der Waals surface area contributed by atoms with Crippen LogP contribution in [0.3, 0.4) is 0 Å². The molecule has 0 radical (unpaired) electrons. The summed E-state index contributed by atoms with van der Waals surface area (Å²) >= 11 is 0. The number of benzene rings is 2. The van der Waals surface area contributed by atoms with E-state index in [2.05, 4.69) is 10.1 Å². The first-order chi connectivity index (χ1) is 12.4. The fourth-order valence-corrected chi connectivity index (χ4v) is 3.48. The lowest BCUT2D eigenvalue weighted by molar-refractivity contribution is -0.135. The van der Waals surface area contributed by atoms with Crippen LogP contribution >= 0.6 is 0 Å². The minimum atomic E-state index is -4.05. The maximum atomic E-state index is 12.8. The lowest BCUT2D eigenvalue weighted by Crippen LogP contribution is -2.17. The molecule has 0 atom stereocenters. The summed E-state index contributed by atoms with van der Waals surface area (Å²) in [5.74, 6) is -0.430. The molecule has 0 aliphatic rings. The number of methoxy groups -OCH3 is 2. The van der Waals surface area contributed by atoms with E-state index >= 15 is 0 Å². The van der Waals surface area contributed by atoms with Crippen molar-refractivity contribution >= 4 is 21.5 Å². The Labute approximate surface area is 153 Å². The van der Waals surface area contributed by atoms with Crippen LogP contribution in [0.1, 0.15) is 12.5 Å². The van der Waals surface area contributed by atoms with Crippen molar-refractivity contribution < 1.29 is 22.7 Å². The van der Waals surface area contributed by atoms with Gasteiger partial charge in [0.2, 0.25) is 9.84 Å². The average Bonchev–Trinajstić information content (AvgIpc) is 2.68. The predicted molar refractivity (Wildman–Crippen MR) is 99.7 cm³/mol. The number of hydrogen-bond acceptors (Lipinski definition) is 6. The Hall–Kier alpha value is -2.80. The van der Waals surface area contributed by atoms with Gasteiger partial charge in [0, 0.05) is 11.9 Å². The first kappa shape index (κ1) is 19.5. The highest BCUT2D eigenvalue weighted by Crippen LogP contribution is 2.23. The van der Waals surface area contributed by atoms with E-state index in [9.17, 15) is 13.2 Å². The van der Waals surface area contributed by atoms with Gasteiger partial charge in [0.15, 0.2) is 4.91 Å². The molecule has 0 saturated carbocycles. The molecule has 0 aliphatic carbocycles. The predicted octanol–water partition coefficient (Wildman–Crippen LogP) is 3.16. The highest BCUT2D eigenvalue weighted by atomic mass is 32.2. The van der Waals surface area contributed by atoms with Crippen LogP contribution in [0.25, 0.3) is 0 Å². The second-order valence-electron chi connectivity index (χ2n) is 5.37. The van der Waals surface area contributed by atoms with Crippen LogP contribution in [0.4, 0.5) is 5.69 Å². The van der Waals surface area contributed by atoms with E-state index in [1.807, 2.05) is 31.2 Å². The highest BCUT2D eigenvalue weighted by Gasteiger charge is 2.28. The summed E-state index contributed by atoms with van der Waals surface area (Å²) in [5, 5.41) is 2.84. The Morgan fingerprint density at radius 3 is 2.15 bits per heavy atom. The smallest absolute Gasteiger partial charge is 0.351 e. The summed E-state index contributed by atoms with van der Waals surface area (Å²) in [6, 6.07) is 13.2. The third-order valence-corrected chi connectivity index (χ3v) is 5.53. The Bertz CT molecular complexity index is 885. The molecule has 0 saturated heterocycles. The van der Waals surface area contributed by atoms with E-state index in [-0.39, 0.29) is 4.90 Å². The van der Waals surface area contributed by atoms with Gasteiger partial charge in [-0.05, 0) is 48.4 Å². The van der Waals surface area contributed by atoms with Crippen LogP contribution in [0.2, 0.25) is 0 Å². The number of ether oxygens (including phenoxy) is 2. The molecule has 2 aromatic carbocycles. The molecule has 0 aliphatic heterocycles. The molecular formula is C19H21NO5S. The SMILES string of the molecule is CCc1ccc(NC=C(C(=O)OC)S(=O)(=O)c2ccc(OC)cc2)cc1. The molecule has 0 heterocycles. The number of carbonyl (C=O) groups is 1. The number of hydrogen-bond donors (Lipinski definition) is 1. The maximum absolute atomic E-state index is 12.8. The molecular weight excluding hydrogens is 354 g/mol. The normalized spacial score (nSPS) is 11.7. The van der Waals surface area contributed by atoms with Crippen LogP contribution < -0.4 is 10.1 Å². The van der Waals surface area contributed by atoms with Gasteiger partial charge in [-0.3, -0.25) is 0 Å². The summed E-state index contributed by atoms with van der Waals surface area (Å²) in [5.41, 5.74) is 1.81. The van der Waals surface area contributed by atoms with E-state index < -0.39 is 20.7 Å². The monoisotopic (exact) mass is 375 g/mol. The molecule has 6 nitrogen and oxygen atoms in total. The van der Waals surface area contributed by atoms with Gasteiger partial charge in [-0.15, -0.1) is 0 Å². The second kappa shape index (κ2) is 8.53. The van der Waals surface area contributed by atoms with Gasteiger partial charge in [0.05, 0.1) is 19.1 Å². The Balaban J connectivity index is 2.36. The molecule has 1 N–H and O–H groups in total. The minimum Gasteiger partial charge on any atom is -0.497 e. The average molecular weight is 375 g/mol. The van der Waals surface area contributed by atoms with Crippen LogP contribution in [0, 0.1) is 0 Å². The van der Waals surface area contributed by atoms with Crippen molar-refractivity contribution in [3.8, 4) is 5.75 Å². The van der Waals surface area contributed by atoms with E-state index in [0.717, 1.165) is 25.3 Å². The summed E-state index contributed by atoms with van der Waals surface area (Å²) in [6.07, 6.45) is 2.04. The third-order valence-electron chi connectivity index (χ3n) is 3.78. The van der Waals surface area contributed by atoms with Crippen molar-refractivity contribution in [3.63, 3.8) is 0 Å². The fourth-order valence-electron chi connectivity index (χ4n) is 2.21. The summed E-state index contributed by atoms with van der Waals surface area (Å²) in [7, 11) is -1.43. The Morgan fingerprint density at radius 2 is 1.65 bits per heavy atom. The number of carbonyl (C=O) groups excluding carboxylic acids is 1. The van der Waals surface area contributed by atoms with Crippen LogP contribution in [0.5, 0.6) is 5.75 Å². The van der Waals surface area contributed by atoms with Gasteiger partial charge in [-0.2, -0.15) is 0 Å². The number of sulfone groups is 1. The van der Waals surface area contributed by atoms with Gasteiger partial charge in [-0.25, -0.2) is 13.2 Å². The van der Waals surface area contributed by atoms with Gasteiger partial charge < -0.3 is 14.8 Å². The van der Waals surface area contributed by atoms with Crippen LogP contribution in [-0.2, 0) is 25.8 Å². The van der Waals surface area contributed by atoms with Gasteiger partial charge >= 0.3 is 5.97 Å². The van der Waals surface area contributed by atoms with Gasteiger partial charge in [-0.1, -0.05) is 19.1 Å². The molecule has 0 bridgehead atoms. The van der Waals surface area contributed by atoms with Crippen molar-refractivity contribution in [1.29, 1.82) is 0 Å². The number of rotatable bonds is 7. The number of esters is 1. The van der Waals surface area contributed by atoms with Gasteiger partial charge in [0.1, 0.15) is 5.75 Å². The molecule has 0 unspecified atom stereocenters. The van der Waals surface area contributed by atoms with Crippen molar-refractivity contribution in [1.82, 2.24) is 0 Å². The first-order valence-corrected chi connectivity index (χ1v) is 9.43. The Kier molecular flexibility index (Phi) is 6.41. The van der Waals surface area contributed by atoms with Crippen molar-refractivity contribution in [2.75, 3.05) is 19.5 Å². The third kappa shape index (κ3) is 4.43.